The fourth-order valence-electron chi connectivity index (χ4n) is 1.46. The summed E-state index contributed by atoms with van der Waals surface area (Å²) in [4.78, 5) is 10.00. The molecule has 0 amide bonds. The van der Waals surface area contributed by atoms with Gasteiger partial charge in [-0.15, -0.1) is 11.3 Å². The highest BCUT2D eigenvalue weighted by Gasteiger charge is 2.09. The number of thiazole rings is 1. The molecule has 16 heavy (non-hydrogen) atoms. The molecule has 1 aromatic heterocycles. The molecule has 2 aromatic rings. The summed E-state index contributed by atoms with van der Waals surface area (Å²) in [7, 11) is 0. The number of benzene rings is 1. The van der Waals surface area contributed by atoms with Crippen LogP contribution in [0, 0.1) is 12.7 Å². The van der Waals surface area contributed by atoms with Gasteiger partial charge in [-0.1, -0.05) is 0 Å². The van der Waals surface area contributed by atoms with Crippen LogP contribution in [0.3, 0.4) is 0 Å². The largest absolute Gasteiger partial charge is 0.297 e. The van der Waals surface area contributed by atoms with Gasteiger partial charge in [0.2, 0.25) is 0 Å². The second-order valence-corrected chi connectivity index (χ2v) is 4.62. The molecular formula is C11H11FN2OS. The first-order chi connectivity index (χ1) is 7.70. The Bertz CT molecular complexity index is 481. The van der Waals surface area contributed by atoms with Gasteiger partial charge in [-0.2, -0.15) is 0 Å². The molecule has 2 rings (SSSR count). The smallest absolute Gasteiger partial charge is 0.123 e. The Labute approximate surface area is 96.7 Å². The summed E-state index contributed by atoms with van der Waals surface area (Å²) >= 11 is 1.53. The predicted molar refractivity (Wildman–Crippen MR) is 61.2 cm³/mol. The van der Waals surface area contributed by atoms with E-state index in [4.69, 9.17) is 5.90 Å². The van der Waals surface area contributed by atoms with Crippen LogP contribution in [-0.4, -0.2) is 4.98 Å². The third-order valence-corrected chi connectivity index (χ3v) is 3.11. The normalized spacial score (nSPS) is 10.7. The predicted octanol–water partition coefficient (Wildman–Crippen LogP) is 2.65. The molecule has 0 bridgehead atoms. The van der Waals surface area contributed by atoms with Crippen molar-refractivity contribution in [2.75, 3.05) is 0 Å². The van der Waals surface area contributed by atoms with Gasteiger partial charge in [-0.25, -0.2) is 15.3 Å². The fraction of sp³-hybridized carbons (Fsp3) is 0.182. The average Bonchev–Trinajstić information content (AvgIpc) is 2.61. The van der Waals surface area contributed by atoms with Gasteiger partial charge in [0.25, 0.3) is 0 Å². The van der Waals surface area contributed by atoms with Gasteiger partial charge in [-0.3, -0.25) is 4.84 Å². The monoisotopic (exact) mass is 238 g/mol. The number of aryl methyl sites for hydroxylation is 1. The maximum atomic E-state index is 12.8. The maximum absolute atomic E-state index is 12.8. The zero-order valence-corrected chi connectivity index (χ0v) is 9.55. The van der Waals surface area contributed by atoms with Gasteiger partial charge in [0.15, 0.2) is 0 Å². The lowest BCUT2D eigenvalue weighted by atomic mass is 10.1. The molecule has 2 N–H and O–H groups in total. The van der Waals surface area contributed by atoms with Crippen molar-refractivity contribution in [3.63, 3.8) is 0 Å². The average molecular weight is 238 g/mol. The zero-order chi connectivity index (χ0) is 11.5. The van der Waals surface area contributed by atoms with Crippen molar-refractivity contribution in [2.45, 2.75) is 13.5 Å². The molecule has 0 unspecified atom stereocenters. The van der Waals surface area contributed by atoms with Crippen LogP contribution in [0.5, 0.6) is 0 Å². The Balaban J connectivity index is 2.36. The van der Waals surface area contributed by atoms with E-state index in [0.717, 1.165) is 21.1 Å². The highest BCUT2D eigenvalue weighted by molar-refractivity contribution is 7.12. The van der Waals surface area contributed by atoms with E-state index < -0.39 is 0 Å². The van der Waals surface area contributed by atoms with Crippen LogP contribution >= 0.6 is 11.3 Å². The van der Waals surface area contributed by atoms with Gasteiger partial charge >= 0.3 is 0 Å². The first-order valence-electron chi connectivity index (χ1n) is 4.74. The SMILES string of the molecule is Cc1sc(CON)nc1-c1ccc(F)cc1. The second kappa shape index (κ2) is 4.69. The zero-order valence-electron chi connectivity index (χ0n) is 8.74. The van der Waals surface area contributed by atoms with E-state index in [-0.39, 0.29) is 5.82 Å². The van der Waals surface area contributed by atoms with Crippen LogP contribution in [0.2, 0.25) is 0 Å². The summed E-state index contributed by atoms with van der Waals surface area (Å²) in [5.41, 5.74) is 1.76. The Morgan fingerprint density at radius 2 is 2.06 bits per heavy atom. The molecule has 0 aliphatic carbocycles. The molecule has 0 saturated carbocycles. The summed E-state index contributed by atoms with van der Waals surface area (Å²) in [5, 5.41) is 0.819. The Morgan fingerprint density at radius 3 is 2.69 bits per heavy atom. The Kier molecular flexibility index (Phi) is 3.28. The van der Waals surface area contributed by atoms with Crippen molar-refractivity contribution < 1.29 is 9.23 Å². The van der Waals surface area contributed by atoms with E-state index in [0.29, 0.717) is 6.61 Å². The van der Waals surface area contributed by atoms with Gasteiger partial charge in [0.1, 0.15) is 17.4 Å². The minimum atomic E-state index is -0.248. The van der Waals surface area contributed by atoms with E-state index in [1.54, 1.807) is 12.1 Å². The minimum absolute atomic E-state index is 0.248. The molecule has 5 heteroatoms. The molecule has 1 heterocycles. The Hall–Kier alpha value is -1.30. The van der Waals surface area contributed by atoms with Crippen LogP contribution < -0.4 is 5.90 Å². The van der Waals surface area contributed by atoms with Gasteiger partial charge in [-0.05, 0) is 31.2 Å². The number of rotatable bonds is 3. The van der Waals surface area contributed by atoms with E-state index in [2.05, 4.69) is 9.82 Å². The minimum Gasteiger partial charge on any atom is -0.297 e. The van der Waals surface area contributed by atoms with E-state index >= 15 is 0 Å². The number of hydrogen-bond acceptors (Lipinski definition) is 4. The van der Waals surface area contributed by atoms with Crippen molar-refractivity contribution in [3.05, 3.63) is 40.0 Å². The quantitative estimate of drug-likeness (QED) is 0.836. The molecule has 0 radical (unpaired) electrons. The van der Waals surface area contributed by atoms with Gasteiger partial charge in [0.05, 0.1) is 5.69 Å². The van der Waals surface area contributed by atoms with Crippen LogP contribution in [0.25, 0.3) is 11.3 Å². The highest BCUT2D eigenvalue weighted by Crippen LogP contribution is 2.27. The van der Waals surface area contributed by atoms with Crippen LogP contribution in [0.4, 0.5) is 4.39 Å². The van der Waals surface area contributed by atoms with E-state index in [1.165, 1.54) is 23.5 Å². The first kappa shape index (κ1) is 11.2. The number of aromatic nitrogens is 1. The van der Waals surface area contributed by atoms with E-state index in [9.17, 15) is 4.39 Å². The highest BCUT2D eigenvalue weighted by atomic mass is 32.1. The molecule has 0 spiro atoms. The number of halogens is 1. The van der Waals surface area contributed by atoms with Crippen molar-refractivity contribution in [2.24, 2.45) is 5.90 Å². The molecule has 0 aliphatic rings. The van der Waals surface area contributed by atoms with Crippen molar-refractivity contribution >= 4 is 11.3 Å². The summed E-state index contributed by atoms with van der Waals surface area (Å²) in [5.74, 6) is 4.75. The molecule has 0 aliphatic heterocycles. The summed E-state index contributed by atoms with van der Waals surface area (Å²) < 4.78 is 12.8. The molecule has 0 fully saturated rings. The standard InChI is InChI=1S/C11H11FN2OS/c1-7-11(14-10(16-7)6-15-13)8-2-4-9(12)5-3-8/h2-5H,6,13H2,1H3. The lowest BCUT2D eigenvalue weighted by molar-refractivity contribution is 0.124. The number of hydrogen-bond donors (Lipinski definition) is 1. The van der Waals surface area contributed by atoms with Gasteiger partial charge in [0, 0.05) is 10.4 Å². The lowest BCUT2D eigenvalue weighted by Crippen LogP contribution is -1.98. The number of nitrogens with zero attached hydrogens (tertiary/aromatic N) is 1. The third kappa shape index (κ3) is 2.27. The molecule has 1 aromatic carbocycles. The first-order valence-corrected chi connectivity index (χ1v) is 5.56. The molecule has 3 nitrogen and oxygen atoms in total. The van der Waals surface area contributed by atoms with Crippen molar-refractivity contribution in [1.29, 1.82) is 0 Å². The molecule has 0 saturated heterocycles. The third-order valence-electron chi connectivity index (χ3n) is 2.17. The molecule has 84 valence electrons. The summed E-state index contributed by atoms with van der Waals surface area (Å²) in [6.45, 7) is 2.27. The lowest BCUT2D eigenvalue weighted by Gasteiger charge is -1.97. The van der Waals surface area contributed by atoms with Crippen LogP contribution in [0.15, 0.2) is 24.3 Å². The maximum Gasteiger partial charge on any atom is 0.123 e. The van der Waals surface area contributed by atoms with Crippen molar-refractivity contribution in [1.82, 2.24) is 4.98 Å². The van der Waals surface area contributed by atoms with Crippen molar-refractivity contribution in [3.8, 4) is 11.3 Å². The summed E-state index contributed by atoms with van der Waals surface area (Å²) in [6, 6.07) is 6.27. The topological polar surface area (TPSA) is 48.1 Å². The second-order valence-electron chi connectivity index (χ2n) is 3.33. The Morgan fingerprint density at radius 1 is 1.38 bits per heavy atom. The molecule has 0 atom stereocenters. The van der Waals surface area contributed by atoms with Crippen LogP contribution in [-0.2, 0) is 11.4 Å². The fourth-order valence-corrected chi connectivity index (χ4v) is 2.34. The van der Waals surface area contributed by atoms with E-state index in [1.807, 2.05) is 6.92 Å². The molecular weight excluding hydrogens is 227 g/mol. The summed E-state index contributed by atoms with van der Waals surface area (Å²) in [6.07, 6.45) is 0. The van der Waals surface area contributed by atoms with Gasteiger partial charge < -0.3 is 0 Å². The van der Waals surface area contributed by atoms with Crippen LogP contribution in [0.1, 0.15) is 9.88 Å². The number of nitrogens with two attached hydrogens (primary N) is 1.